The van der Waals surface area contributed by atoms with Gasteiger partial charge < -0.3 is 5.32 Å². The minimum Gasteiger partial charge on any atom is -0.342 e. The monoisotopic (exact) mass is 306 g/mol. The molecule has 0 fully saturated rings. The normalized spacial score (nSPS) is 12.9. The van der Waals surface area contributed by atoms with Crippen LogP contribution < -0.4 is 11.0 Å². The van der Waals surface area contributed by atoms with Crippen LogP contribution in [0.3, 0.4) is 0 Å². The van der Waals surface area contributed by atoms with E-state index in [0.29, 0.717) is 6.42 Å². The fourth-order valence-corrected chi connectivity index (χ4v) is 2.16. The van der Waals surface area contributed by atoms with Gasteiger partial charge in [0.25, 0.3) is 5.91 Å². The van der Waals surface area contributed by atoms with E-state index in [0.717, 1.165) is 5.56 Å². The average molecular weight is 306 g/mol. The summed E-state index contributed by atoms with van der Waals surface area (Å²) in [5, 5.41) is 8.58. The highest BCUT2D eigenvalue weighted by molar-refractivity contribution is 5.90. The molecule has 0 aliphatic heterocycles. The number of rotatable bonds is 4. The summed E-state index contributed by atoms with van der Waals surface area (Å²) in [7, 11) is 0. The molecular weight excluding hydrogens is 287 g/mol. The summed E-state index contributed by atoms with van der Waals surface area (Å²) < 4.78 is 13.1. The number of benzene rings is 1. The summed E-state index contributed by atoms with van der Waals surface area (Å²) in [6.45, 7) is 6.14. The molecule has 3 N–H and O–H groups in total. The Bertz CT molecular complexity index is 697. The molecule has 7 heteroatoms. The first kappa shape index (κ1) is 15.9. The maximum Gasteiger partial charge on any atom is 0.341 e. The topological polar surface area (TPSA) is 90.6 Å². The maximum atomic E-state index is 13.1. The molecule has 1 atom stereocenters. The Morgan fingerprint density at radius 2 is 1.95 bits per heavy atom. The van der Waals surface area contributed by atoms with Gasteiger partial charge >= 0.3 is 5.69 Å². The van der Waals surface area contributed by atoms with Crippen molar-refractivity contribution in [2.24, 2.45) is 5.41 Å². The summed E-state index contributed by atoms with van der Waals surface area (Å²) in [6.07, 6.45) is 0.652. The smallest absolute Gasteiger partial charge is 0.341 e. The molecule has 1 amide bonds. The first-order valence-corrected chi connectivity index (χ1v) is 6.95. The van der Waals surface area contributed by atoms with Gasteiger partial charge in [0.2, 0.25) is 5.82 Å². The van der Waals surface area contributed by atoms with Crippen LogP contribution in [0.5, 0.6) is 0 Å². The quantitative estimate of drug-likeness (QED) is 0.808. The zero-order chi connectivity index (χ0) is 16.3. The summed E-state index contributed by atoms with van der Waals surface area (Å²) >= 11 is 0. The predicted octanol–water partition coefficient (Wildman–Crippen LogP) is 2.14. The fraction of sp³-hybridized carbons (Fsp3) is 0.400. The van der Waals surface area contributed by atoms with Crippen molar-refractivity contribution in [3.8, 4) is 0 Å². The summed E-state index contributed by atoms with van der Waals surface area (Å²) in [5.74, 6) is -0.899. The molecule has 2 rings (SSSR count). The molecule has 1 aromatic carbocycles. The van der Waals surface area contributed by atoms with Gasteiger partial charge in [-0.2, -0.15) is 0 Å². The van der Waals surface area contributed by atoms with Crippen molar-refractivity contribution >= 4 is 5.91 Å². The van der Waals surface area contributed by atoms with Gasteiger partial charge in [-0.25, -0.2) is 14.3 Å². The number of amides is 1. The Labute approximate surface area is 127 Å². The molecule has 0 saturated carbocycles. The zero-order valence-corrected chi connectivity index (χ0v) is 12.7. The number of aromatic nitrogens is 3. The molecule has 0 aliphatic carbocycles. The van der Waals surface area contributed by atoms with E-state index >= 15 is 0 Å². The minimum atomic E-state index is -0.542. The lowest BCUT2D eigenvalue weighted by atomic mass is 9.85. The number of nitrogens with one attached hydrogen (secondary N) is 3. The second kappa shape index (κ2) is 6.13. The number of H-pyrrole nitrogens is 2. The largest absolute Gasteiger partial charge is 0.342 e. The maximum absolute atomic E-state index is 13.1. The molecule has 0 saturated heterocycles. The molecule has 0 aliphatic rings. The van der Waals surface area contributed by atoms with E-state index in [1.165, 1.54) is 12.1 Å². The third kappa shape index (κ3) is 4.28. The summed E-state index contributed by atoms with van der Waals surface area (Å²) in [5.41, 5.74) is 0.201. The number of nitrogens with zero attached hydrogens (tertiary/aromatic N) is 1. The van der Waals surface area contributed by atoms with Gasteiger partial charge in [0.15, 0.2) is 0 Å². The van der Waals surface area contributed by atoms with Gasteiger partial charge in [0.05, 0.1) is 6.04 Å². The molecule has 1 unspecified atom stereocenters. The molecule has 118 valence electrons. The molecule has 0 bridgehead atoms. The van der Waals surface area contributed by atoms with Gasteiger partial charge in [-0.05, 0) is 29.5 Å². The van der Waals surface area contributed by atoms with Crippen molar-refractivity contribution in [1.29, 1.82) is 0 Å². The van der Waals surface area contributed by atoms with E-state index in [2.05, 4.69) is 20.5 Å². The Balaban J connectivity index is 2.22. The van der Waals surface area contributed by atoms with Crippen LogP contribution in [0.4, 0.5) is 4.39 Å². The third-order valence-corrected chi connectivity index (χ3v) is 3.11. The van der Waals surface area contributed by atoms with E-state index in [1.807, 2.05) is 20.8 Å². The highest BCUT2D eigenvalue weighted by Crippen LogP contribution is 2.29. The average Bonchev–Trinajstić information content (AvgIpc) is 2.84. The van der Waals surface area contributed by atoms with Gasteiger partial charge in [0.1, 0.15) is 5.82 Å². The summed E-state index contributed by atoms with van der Waals surface area (Å²) in [6, 6.07) is 5.67. The van der Waals surface area contributed by atoms with E-state index < -0.39 is 11.6 Å². The number of carbonyl (C=O) groups excluding carboxylic acids is 1. The van der Waals surface area contributed by atoms with Crippen LogP contribution in [0, 0.1) is 11.2 Å². The number of aromatic amines is 2. The number of halogens is 1. The van der Waals surface area contributed by atoms with Crippen LogP contribution in [-0.4, -0.2) is 21.1 Å². The Kier molecular flexibility index (Phi) is 4.44. The Morgan fingerprint density at radius 1 is 1.32 bits per heavy atom. The number of hydrogen-bond acceptors (Lipinski definition) is 3. The predicted molar refractivity (Wildman–Crippen MR) is 79.9 cm³/mol. The number of carbonyl (C=O) groups is 1. The Hall–Kier alpha value is -2.44. The zero-order valence-electron chi connectivity index (χ0n) is 12.7. The van der Waals surface area contributed by atoms with Gasteiger partial charge in [0, 0.05) is 0 Å². The van der Waals surface area contributed by atoms with Crippen molar-refractivity contribution in [3.63, 3.8) is 0 Å². The molecular formula is C15H19FN4O2. The van der Waals surface area contributed by atoms with Crippen molar-refractivity contribution < 1.29 is 9.18 Å². The van der Waals surface area contributed by atoms with Crippen molar-refractivity contribution in [1.82, 2.24) is 20.5 Å². The molecule has 0 spiro atoms. The highest BCUT2D eigenvalue weighted by atomic mass is 19.1. The molecule has 1 heterocycles. The first-order chi connectivity index (χ1) is 10.2. The second-order valence-corrected chi connectivity index (χ2v) is 6.37. The molecule has 0 radical (unpaired) electrons. The van der Waals surface area contributed by atoms with Crippen LogP contribution in [0.15, 0.2) is 29.1 Å². The first-order valence-electron chi connectivity index (χ1n) is 6.95. The van der Waals surface area contributed by atoms with Crippen LogP contribution in [0.25, 0.3) is 0 Å². The van der Waals surface area contributed by atoms with Crippen LogP contribution in [0.1, 0.15) is 49.4 Å². The van der Waals surface area contributed by atoms with Gasteiger partial charge in [-0.15, -0.1) is 5.10 Å². The molecule has 2 aromatic rings. The van der Waals surface area contributed by atoms with Gasteiger partial charge in [-0.1, -0.05) is 32.9 Å². The van der Waals surface area contributed by atoms with E-state index in [9.17, 15) is 14.0 Å². The van der Waals surface area contributed by atoms with Crippen LogP contribution >= 0.6 is 0 Å². The van der Waals surface area contributed by atoms with Crippen molar-refractivity contribution in [2.45, 2.75) is 33.2 Å². The van der Waals surface area contributed by atoms with Crippen LogP contribution in [0.2, 0.25) is 0 Å². The lowest BCUT2D eigenvalue weighted by Gasteiger charge is -2.27. The third-order valence-electron chi connectivity index (χ3n) is 3.11. The SMILES string of the molecule is CC(C)(C)CC(NC(=O)c1n[nH]c(=O)[nH]1)c1ccc(F)cc1. The van der Waals surface area contributed by atoms with Crippen molar-refractivity contribution in [3.05, 3.63) is 52.0 Å². The second-order valence-electron chi connectivity index (χ2n) is 6.37. The van der Waals surface area contributed by atoms with E-state index in [4.69, 9.17) is 0 Å². The van der Waals surface area contributed by atoms with Gasteiger partial charge in [-0.3, -0.25) is 9.78 Å². The highest BCUT2D eigenvalue weighted by Gasteiger charge is 2.23. The standard InChI is InChI=1S/C15H19FN4O2/c1-15(2,3)8-11(9-4-6-10(16)7-5-9)17-13(21)12-18-14(22)20-19-12/h4-7,11H,8H2,1-3H3,(H,17,21)(H2,18,19,20,22). The molecule has 1 aromatic heterocycles. The minimum absolute atomic E-state index is 0.0503. The fourth-order valence-electron chi connectivity index (χ4n) is 2.16. The van der Waals surface area contributed by atoms with Crippen LogP contribution in [-0.2, 0) is 0 Å². The lowest BCUT2D eigenvalue weighted by Crippen LogP contribution is -2.32. The summed E-state index contributed by atoms with van der Waals surface area (Å²) in [4.78, 5) is 25.5. The lowest BCUT2D eigenvalue weighted by molar-refractivity contribution is 0.0916. The molecule has 6 nitrogen and oxygen atoms in total. The number of hydrogen-bond donors (Lipinski definition) is 3. The van der Waals surface area contributed by atoms with E-state index in [-0.39, 0.29) is 23.1 Å². The van der Waals surface area contributed by atoms with E-state index in [1.54, 1.807) is 12.1 Å². The Morgan fingerprint density at radius 3 is 2.45 bits per heavy atom. The molecule has 22 heavy (non-hydrogen) atoms. The van der Waals surface area contributed by atoms with Crippen molar-refractivity contribution in [2.75, 3.05) is 0 Å².